The number of hydrazine groups is 1. The average Bonchev–Trinajstić information content (AvgIpc) is 2.89. The van der Waals surface area contributed by atoms with E-state index in [9.17, 15) is 9.59 Å². The number of hydrogen-bond acceptors (Lipinski definition) is 2. The van der Waals surface area contributed by atoms with Crippen LogP contribution in [0.4, 0.5) is 0 Å². The summed E-state index contributed by atoms with van der Waals surface area (Å²) in [6, 6.07) is 16.9. The molecule has 2 amide bonds. The lowest BCUT2D eigenvalue weighted by Gasteiger charge is -2.11. The second-order valence-corrected chi connectivity index (χ2v) is 6.27. The van der Waals surface area contributed by atoms with E-state index in [1.807, 2.05) is 47.9 Å². The van der Waals surface area contributed by atoms with Gasteiger partial charge in [0.2, 0.25) is 0 Å². The SMILES string of the molecule is Cc1cc2ccccc2n1CC(=O)NNC(=O)c1ccccc1Br. The number of hydrogen-bond donors (Lipinski definition) is 2. The molecule has 122 valence electrons. The fraction of sp³-hybridized carbons (Fsp3) is 0.111. The number of halogens is 1. The van der Waals surface area contributed by atoms with E-state index >= 15 is 0 Å². The standard InChI is InChI=1S/C18H16BrN3O2/c1-12-10-13-6-2-5-9-16(13)22(12)11-17(23)20-21-18(24)14-7-3-4-8-15(14)19/h2-10H,11H2,1H3,(H,20,23)(H,21,24). The Morgan fingerprint density at radius 1 is 1.04 bits per heavy atom. The Balaban J connectivity index is 1.67. The lowest BCUT2D eigenvalue weighted by Crippen LogP contribution is -2.43. The fourth-order valence-corrected chi connectivity index (χ4v) is 3.05. The summed E-state index contributed by atoms with van der Waals surface area (Å²) in [6.45, 7) is 2.09. The van der Waals surface area contributed by atoms with Gasteiger partial charge in [-0.2, -0.15) is 0 Å². The van der Waals surface area contributed by atoms with Gasteiger partial charge in [0.15, 0.2) is 0 Å². The van der Waals surface area contributed by atoms with Crippen molar-refractivity contribution >= 4 is 38.6 Å². The maximum absolute atomic E-state index is 12.2. The number of benzene rings is 2. The molecule has 0 saturated carbocycles. The molecule has 1 heterocycles. The minimum absolute atomic E-state index is 0.135. The maximum atomic E-state index is 12.2. The predicted octanol–water partition coefficient (Wildman–Crippen LogP) is 3.17. The van der Waals surface area contributed by atoms with Crippen LogP contribution in [0.3, 0.4) is 0 Å². The van der Waals surface area contributed by atoms with Crippen molar-refractivity contribution in [2.24, 2.45) is 0 Å². The molecule has 0 aliphatic rings. The number of aryl methyl sites for hydroxylation is 1. The molecule has 0 aliphatic carbocycles. The number of fused-ring (bicyclic) bond motifs is 1. The summed E-state index contributed by atoms with van der Waals surface area (Å²) in [4.78, 5) is 24.3. The molecule has 0 aliphatic heterocycles. The van der Waals surface area contributed by atoms with Gasteiger partial charge in [-0.25, -0.2) is 0 Å². The first-order valence-corrected chi connectivity index (χ1v) is 8.24. The minimum Gasteiger partial charge on any atom is -0.335 e. The van der Waals surface area contributed by atoms with Gasteiger partial charge < -0.3 is 4.57 Å². The van der Waals surface area contributed by atoms with E-state index < -0.39 is 0 Å². The van der Waals surface area contributed by atoms with Crippen molar-refractivity contribution in [1.29, 1.82) is 0 Å². The highest BCUT2D eigenvalue weighted by Crippen LogP contribution is 2.19. The first kappa shape index (κ1) is 16.3. The van der Waals surface area contributed by atoms with Crippen LogP contribution in [0.2, 0.25) is 0 Å². The summed E-state index contributed by atoms with van der Waals surface area (Å²) < 4.78 is 2.58. The average molecular weight is 386 g/mol. The molecule has 5 nitrogen and oxygen atoms in total. The third-order valence-corrected chi connectivity index (χ3v) is 4.44. The third kappa shape index (κ3) is 3.33. The molecular weight excluding hydrogens is 370 g/mol. The highest BCUT2D eigenvalue weighted by atomic mass is 79.9. The Labute approximate surface area is 147 Å². The van der Waals surface area contributed by atoms with Gasteiger partial charge in [0.1, 0.15) is 6.54 Å². The number of carbonyl (C=O) groups excluding carboxylic acids is 2. The van der Waals surface area contributed by atoms with Crippen molar-refractivity contribution in [2.45, 2.75) is 13.5 Å². The molecule has 0 atom stereocenters. The van der Waals surface area contributed by atoms with E-state index in [1.165, 1.54) is 0 Å². The van der Waals surface area contributed by atoms with Crippen LogP contribution in [0, 0.1) is 6.92 Å². The smallest absolute Gasteiger partial charge is 0.270 e. The Kier molecular flexibility index (Phi) is 4.66. The Morgan fingerprint density at radius 3 is 2.54 bits per heavy atom. The van der Waals surface area contributed by atoms with Crippen molar-refractivity contribution in [2.75, 3.05) is 0 Å². The van der Waals surface area contributed by atoms with E-state index in [0.717, 1.165) is 16.6 Å². The van der Waals surface area contributed by atoms with Crippen LogP contribution in [0.15, 0.2) is 59.1 Å². The van der Waals surface area contributed by atoms with E-state index in [0.29, 0.717) is 10.0 Å². The zero-order valence-electron chi connectivity index (χ0n) is 13.0. The number of amides is 2. The lowest BCUT2D eigenvalue weighted by atomic mass is 10.2. The molecule has 3 aromatic rings. The van der Waals surface area contributed by atoms with Crippen LogP contribution in [0.25, 0.3) is 10.9 Å². The molecule has 0 saturated heterocycles. The number of carbonyl (C=O) groups is 2. The molecular formula is C18H16BrN3O2. The second kappa shape index (κ2) is 6.88. The first-order valence-electron chi connectivity index (χ1n) is 7.45. The largest absolute Gasteiger partial charge is 0.335 e. The molecule has 0 fully saturated rings. The van der Waals surface area contributed by atoms with Crippen molar-refractivity contribution in [1.82, 2.24) is 15.4 Å². The second-order valence-electron chi connectivity index (χ2n) is 5.41. The predicted molar refractivity (Wildman–Crippen MR) is 96.4 cm³/mol. The molecule has 0 bridgehead atoms. The van der Waals surface area contributed by atoms with Gasteiger partial charge in [-0.3, -0.25) is 20.4 Å². The van der Waals surface area contributed by atoms with Crippen LogP contribution in [-0.4, -0.2) is 16.4 Å². The van der Waals surface area contributed by atoms with Crippen LogP contribution < -0.4 is 10.9 Å². The molecule has 2 N–H and O–H groups in total. The van der Waals surface area contributed by atoms with Crippen LogP contribution in [0.1, 0.15) is 16.1 Å². The third-order valence-electron chi connectivity index (χ3n) is 3.75. The van der Waals surface area contributed by atoms with Crippen molar-refractivity contribution < 1.29 is 9.59 Å². The lowest BCUT2D eigenvalue weighted by molar-refractivity contribution is -0.122. The molecule has 0 unspecified atom stereocenters. The maximum Gasteiger partial charge on any atom is 0.270 e. The molecule has 0 radical (unpaired) electrons. The van der Waals surface area contributed by atoms with Crippen LogP contribution in [-0.2, 0) is 11.3 Å². The fourth-order valence-electron chi connectivity index (χ4n) is 2.58. The normalized spacial score (nSPS) is 10.6. The highest BCUT2D eigenvalue weighted by Gasteiger charge is 2.12. The summed E-state index contributed by atoms with van der Waals surface area (Å²) in [6.07, 6.45) is 0. The van der Waals surface area contributed by atoms with Crippen molar-refractivity contribution in [3.05, 3.63) is 70.3 Å². The molecule has 1 aromatic heterocycles. The molecule has 2 aromatic carbocycles. The summed E-state index contributed by atoms with van der Waals surface area (Å²) >= 11 is 3.31. The van der Waals surface area contributed by atoms with Gasteiger partial charge in [0, 0.05) is 15.7 Å². The monoisotopic (exact) mass is 385 g/mol. The van der Waals surface area contributed by atoms with Gasteiger partial charge in [0.05, 0.1) is 5.56 Å². The van der Waals surface area contributed by atoms with E-state index in [1.54, 1.807) is 18.2 Å². The first-order chi connectivity index (χ1) is 11.6. The van der Waals surface area contributed by atoms with E-state index in [4.69, 9.17) is 0 Å². The zero-order valence-corrected chi connectivity index (χ0v) is 14.6. The number of nitrogens with zero attached hydrogens (tertiary/aromatic N) is 1. The summed E-state index contributed by atoms with van der Waals surface area (Å²) in [5.41, 5.74) is 7.33. The highest BCUT2D eigenvalue weighted by molar-refractivity contribution is 9.10. The zero-order chi connectivity index (χ0) is 17.1. The number of rotatable bonds is 3. The van der Waals surface area contributed by atoms with Gasteiger partial charge in [0.25, 0.3) is 11.8 Å². The van der Waals surface area contributed by atoms with Crippen LogP contribution in [0.5, 0.6) is 0 Å². The van der Waals surface area contributed by atoms with Gasteiger partial charge in [-0.15, -0.1) is 0 Å². The van der Waals surface area contributed by atoms with Crippen molar-refractivity contribution in [3.63, 3.8) is 0 Å². The molecule has 3 rings (SSSR count). The quantitative estimate of drug-likeness (QED) is 0.680. The molecule has 24 heavy (non-hydrogen) atoms. The van der Waals surface area contributed by atoms with E-state index in [2.05, 4.69) is 26.8 Å². The van der Waals surface area contributed by atoms with Crippen molar-refractivity contribution in [3.8, 4) is 0 Å². The van der Waals surface area contributed by atoms with Gasteiger partial charge >= 0.3 is 0 Å². The summed E-state index contributed by atoms with van der Waals surface area (Å²) in [5.74, 6) is -0.662. The minimum atomic E-state index is -0.370. The topological polar surface area (TPSA) is 63.1 Å². The summed E-state index contributed by atoms with van der Waals surface area (Å²) in [5, 5.41) is 1.08. The Morgan fingerprint density at radius 2 is 1.75 bits per heavy atom. The number of para-hydroxylation sites is 1. The number of aromatic nitrogens is 1. The Bertz CT molecular complexity index is 918. The van der Waals surface area contributed by atoms with E-state index in [-0.39, 0.29) is 18.4 Å². The van der Waals surface area contributed by atoms with Crippen LogP contribution >= 0.6 is 15.9 Å². The Hall–Kier alpha value is -2.60. The molecule has 6 heteroatoms. The number of nitrogens with one attached hydrogen (secondary N) is 2. The van der Waals surface area contributed by atoms with Gasteiger partial charge in [-0.1, -0.05) is 30.3 Å². The molecule has 0 spiro atoms. The summed E-state index contributed by atoms with van der Waals surface area (Å²) in [7, 11) is 0. The van der Waals surface area contributed by atoms with Gasteiger partial charge in [-0.05, 0) is 52.5 Å².